The van der Waals surface area contributed by atoms with Crippen LogP contribution in [-0.4, -0.2) is 28.1 Å². The number of phenolic OH excluding ortho intramolecular Hbond substituents is 1. The first-order chi connectivity index (χ1) is 9.31. The number of thiazole rings is 1. The topological polar surface area (TPSA) is 36.4 Å². The molecule has 100 valence electrons. The van der Waals surface area contributed by atoms with Gasteiger partial charge in [0.1, 0.15) is 10.8 Å². The summed E-state index contributed by atoms with van der Waals surface area (Å²) in [6.45, 7) is 3.20. The minimum atomic E-state index is 0.378. The monoisotopic (exact) mass is 274 g/mol. The van der Waals surface area contributed by atoms with Gasteiger partial charge in [0.15, 0.2) is 0 Å². The van der Waals surface area contributed by atoms with E-state index in [2.05, 4.69) is 16.0 Å². The molecule has 2 heterocycles. The van der Waals surface area contributed by atoms with E-state index in [0.717, 1.165) is 32.5 Å². The summed E-state index contributed by atoms with van der Waals surface area (Å²) in [5.41, 5.74) is 1.27. The molecule has 1 aromatic heterocycles. The Morgan fingerprint density at radius 1 is 1.32 bits per heavy atom. The summed E-state index contributed by atoms with van der Waals surface area (Å²) in [6, 6.07) is 7.70. The smallest absolute Gasteiger partial charge is 0.115 e. The number of aromatic hydroxyl groups is 1. The van der Waals surface area contributed by atoms with Gasteiger partial charge in [-0.3, -0.25) is 4.90 Å². The molecule has 1 N–H and O–H groups in total. The molecule has 0 amide bonds. The number of hydrogen-bond donors (Lipinski definition) is 1. The van der Waals surface area contributed by atoms with Crippen molar-refractivity contribution < 1.29 is 5.11 Å². The number of nitrogens with zero attached hydrogens (tertiary/aromatic N) is 2. The third-order valence-corrected chi connectivity index (χ3v) is 4.54. The number of benzene rings is 1. The Morgan fingerprint density at radius 2 is 2.16 bits per heavy atom. The fraction of sp³-hybridized carbons (Fsp3) is 0.400. The minimum absolute atomic E-state index is 0.378. The van der Waals surface area contributed by atoms with Crippen LogP contribution in [0.4, 0.5) is 0 Å². The van der Waals surface area contributed by atoms with Gasteiger partial charge < -0.3 is 5.11 Å². The highest BCUT2D eigenvalue weighted by Gasteiger charge is 2.21. The van der Waals surface area contributed by atoms with Crippen LogP contribution in [0.3, 0.4) is 0 Å². The molecule has 3 rings (SSSR count). The molecule has 1 saturated heterocycles. The second-order valence-corrected chi connectivity index (χ2v) is 6.05. The van der Waals surface area contributed by atoms with E-state index in [9.17, 15) is 5.11 Å². The van der Waals surface area contributed by atoms with Gasteiger partial charge in [0.2, 0.25) is 0 Å². The van der Waals surface area contributed by atoms with Gasteiger partial charge in [-0.05, 0) is 49.5 Å². The van der Waals surface area contributed by atoms with Crippen LogP contribution >= 0.6 is 11.3 Å². The lowest BCUT2D eigenvalue weighted by molar-refractivity contribution is 0.204. The maximum atomic E-state index is 9.55. The second kappa shape index (κ2) is 5.72. The third kappa shape index (κ3) is 3.14. The molecule has 1 aromatic carbocycles. The lowest BCUT2D eigenvalue weighted by Gasteiger charge is -2.31. The van der Waals surface area contributed by atoms with E-state index in [1.54, 1.807) is 17.4 Å². The quantitative estimate of drug-likeness (QED) is 0.933. The fourth-order valence-corrected chi connectivity index (χ4v) is 3.38. The van der Waals surface area contributed by atoms with Crippen LogP contribution in [0.25, 0.3) is 0 Å². The van der Waals surface area contributed by atoms with Gasteiger partial charge >= 0.3 is 0 Å². The molecule has 2 aromatic rings. The first kappa shape index (κ1) is 12.6. The number of aromatic nitrogens is 1. The minimum Gasteiger partial charge on any atom is -0.508 e. The molecule has 0 aliphatic carbocycles. The number of piperidine rings is 1. The van der Waals surface area contributed by atoms with Crippen molar-refractivity contribution in [1.29, 1.82) is 0 Å². The zero-order chi connectivity index (χ0) is 13.1. The summed E-state index contributed by atoms with van der Waals surface area (Å²) in [5.74, 6) is 0.961. The number of hydrogen-bond acceptors (Lipinski definition) is 4. The predicted octanol–water partition coefficient (Wildman–Crippen LogP) is 3.23. The van der Waals surface area contributed by atoms with Crippen molar-refractivity contribution in [3.8, 4) is 5.75 Å². The zero-order valence-electron chi connectivity index (χ0n) is 10.8. The predicted molar refractivity (Wildman–Crippen MR) is 77.5 cm³/mol. The van der Waals surface area contributed by atoms with Crippen molar-refractivity contribution in [2.24, 2.45) is 0 Å². The maximum absolute atomic E-state index is 9.55. The van der Waals surface area contributed by atoms with E-state index < -0.39 is 0 Å². The Morgan fingerprint density at radius 3 is 2.84 bits per heavy atom. The van der Waals surface area contributed by atoms with Gasteiger partial charge in [-0.2, -0.15) is 0 Å². The number of likely N-dealkylation sites (tertiary alicyclic amines) is 1. The molecule has 0 saturated carbocycles. The molecule has 0 bridgehead atoms. The average molecular weight is 274 g/mol. The molecule has 0 spiro atoms. The molecule has 19 heavy (non-hydrogen) atoms. The molecule has 1 fully saturated rings. The van der Waals surface area contributed by atoms with Crippen LogP contribution in [-0.2, 0) is 6.54 Å². The third-order valence-electron chi connectivity index (χ3n) is 3.77. The van der Waals surface area contributed by atoms with Crippen molar-refractivity contribution in [1.82, 2.24) is 9.88 Å². The molecule has 0 radical (unpaired) electrons. The van der Waals surface area contributed by atoms with Crippen LogP contribution in [0.15, 0.2) is 35.8 Å². The lowest BCUT2D eigenvalue weighted by Crippen LogP contribution is -2.32. The van der Waals surface area contributed by atoms with Gasteiger partial charge in [0.05, 0.1) is 6.54 Å². The lowest BCUT2D eigenvalue weighted by atomic mass is 9.89. The van der Waals surface area contributed by atoms with Gasteiger partial charge in [0.25, 0.3) is 0 Å². The molecule has 3 nitrogen and oxygen atoms in total. The summed E-state index contributed by atoms with van der Waals surface area (Å²) >= 11 is 1.73. The summed E-state index contributed by atoms with van der Waals surface area (Å²) in [4.78, 5) is 6.81. The molecule has 1 aliphatic heterocycles. The van der Waals surface area contributed by atoms with E-state index in [1.165, 1.54) is 10.6 Å². The summed E-state index contributed by atoms with van der Waals surface area (Å²) < 4.78 is 0. The summed E-state index contributed by atoms with van der Waals surface area (Å²) in [5, 5.41) is 12.8. The molecule has 1 aliphatic rings. The van der Waals surface area contributed by atoms with Crippen LogP contribution < -0.4 is 0 Å². The summed E-state index contributed by atoms with van der Waals surface area (Å²) in [6.07, 6.45) is 4.20. The van der Waals surface area contributed by atoms with Crippen LogP contribution in [0, 0.1) is 0 Å². The van der Waals surface area contributed by atoms with Gasteiger partial charge in [0, 0.05) is 11.6 Å². The van der Waals surface area contributed by atoms with Crippen LogP contribution in [0.1, 0.15) is 29.3 Å². The SMILES string of the molecule is Oc1cccc(C2CCN(Cc3nccs3)CC2)c1. The highest BCUT2D eigenvalue weighted by Crippen LogP contribution is 2.30. The molecule has 0 unspecified atom stereocenters. The van der Waals surface area contributed by atoms with E-state index >= 15 is 0 Å². The van der Waals surface area contributed by atoms with Crippen LogP contribution in [0.5, 0.6) is 5.75 Å². The Bertz CT molecular complexity index is 519. The van der Waals surface area contributed by atoms with Gasteiger partial charge in [-0.1, -0.05) is 12.1 Å². The Hall–Kier alpha value is -1.39. The highest BCUT2D eigenvalue weighted by atomic mass is 32.1. The van der Waals surface area contributed by atoms with Crippen molar-refractivity contribution in [2.45, 2.75) is 25.3 Å². The summed E-state index contributed by atoms with van der Waals surface area (Å²) in [7, 11) is 0. The van der Waals surface area contributed by atoms with Crippen LogP contribution in [0.2, 0.25) is 0 Å². The fourth-order valence-electron chi connectivity index (χ4n) is 2.73. The Balaban J connectivity index is 1.57. The standard InChI is InChI=1S/C15H18N2OS/c18-14-3-1-2-13(10-14)12-4-7-17(8-5-12)11-15-16-6-9-19-15/h1-3,6,9-10,12,18H,4-5,7-8,11H2. The van der Waals surface area contributed by atoms with E-state index in [4.69, 9.17) is 0 Å². The first-order valence-corrected chi connectivity index (χ1v) is 7.59. The van der Waals surface area contributed by atoms with Crippen molar-refractivity contribution in [3.05, 3.63) is 46.4 Å². The van der Waals surface area contributed by atoms with E-state index in [-0.39, 0.29) is 0 Å². The largest absolute Gasteiger partial charge is 0.508 e. The highest BCUT2D eigenvalue weighted by molar-refractivity contribution is 7.09. The maximum Gasteiger partial charge on any atom is 0.115 e. The normalized spacial score (nSPS) is 17.7. The average Bonchev–Trinajstić information content (AvgIpc) is 2.92. The molecule has 0 atom stereocenters. The second-order valence-electron chi connectivity index (χ2n) is 5.07. The van der Waals surface area contributed by atoms with Gasteiger partial charge in [-0.15, -0.1) is 11.3 Å². The van der Waals surface area contributed by atoms with Crippen molar-refractivity contribution in [2.75, 3.05) is 13.1 Å². The molecule has 4 heteroatoms. The number of phenols is 1. The number of rotatable bonds is 3. The van der Waals surface area contributed by atoms with Crippen molar-refractivity contribution in [3.63, 3.8) is 0 Å². The Labute approximate surface area is 117 Å². The first-order valence-electron chi connectivity index (χ1n) is 6.71. The molecular weight excluding hydrogens is 256 g/mol. The zero-order valence-corrected chi connectivity index (χ0v) is 11.6. The Kier molecular flexibility index (Phi) is 3.80. The van der Waals surface area contributed by atoms with Crippen molar-refractivity contribution >= 4 is 11.3 Å². The van der Waals surface area contributed by atoms with E-state index in [0.29, 0.717) is 11.7 Å². The molecular formula is C15H18N2OS. The van der Waals surface area contributed by atoms with Gasteiger partial charge in [-0.25, -0.2) is 4.98 Å². The van der Waals surface area contributed by atoms with E-state index in [1.807, 2.05) is 23.7 Å².